The molecular formula is C32H46F6O4. The van der Waals surface area contributed by atoms with Gasteiger partial charge in [0.2, 0.25) is 0 Å². The first-order valence-corrected chi connectivity index (χ1v) is 14.4. The summed E-state index contributed by atoms with van der Waals surface area (Å²) in [6.07, 6.45) is -7.04. The minimum absolute atomic E-state index is 0.000943. The monoisotopic (exact) mass is 614 g/mol. The number of hydrogen-bond acceptors (Lipinski definition) is 4. The minimum Gasteiger partial charge on any atom is -0.393 e. The van der Waals surface area contributed by atoms with Crippen LogP contribution in [0.5, 0.6) is 0 Å². The van der Waals surface area contributed by atoms with Gasteiger partial charge in [0.15, 0.2) is 0 Å². The Morgan fingerprint density at radius 1 is 1.07 bits per heavy atom. The Bertz CT molecular complexity index is 1230. The second kappa shape index (κ2) is 12.8. The lowest BCUT2D eigenvalue weighted by Crippen LogP contribution is -2.55. The van der Waals surface area contributed by atoms with Crippen LogP contribution in [0.1, 0.15) is 99.5 Å². The fourth-order valence-electron chi connectivity index (χ4n) is 7.39. The SMILES string of the molecule is [2H]C([2H])([2H])C(O)(CCC[C@H](C/C=C/C(O)(C(F)(F)F)C(F)(F)F)[C@H]1CC[C@H]2/C(=C/C=C3/C[C@@H](O)C[C@H](O)C3=C)CCC[C@]12C)C([2H])([2H])[2H]. The molecular weight excluding hydrogens is 562 g/mol. The molecule has 6 atom stereocenters. The molecule has 0 aromatic carbocycles. The van der Waals surface area contributed by atoms with Crippen LogP contribution in [0.25, 0.3) is 0 Å². The summed E-state index contributed by atoms with van der Waals surface area (Å²) < 4.78 is 126. The summed E-state index contributed by atoms with van der Waals surface area (Å²) in [4.78, 5) is 0. The number of aliphatic hydroxyl groups excluding tert-OH is 2. The van der Waals surface area contributed by atoms with Crippen molar-refractivity contribution in [3.63, 3.8) is 0 Å². The maximum absolute atomic E-state index is 13.4. The van der Waals surface area contributed by atoms with Gasteiger partial charge in [-0.25, -0.2) is 0 Å². The minimum atomic E-state index is -6.05. The van der Waals surface area contributed by atoms with Crippen molar-refractivity contribution in [1.82, 2.24) is 0 Å². The van der Waals surface area contributed by atoms with Gasteiger partial charge in [0.05, 0.1) is 17.8 Å². The summed E-state index contributed by atoms with van der Waals surface area (Å²) in [5, 5.41) is 40.8. The zero-order chi connectivity index (χ0) is 36.7. The summed E-state index contributed by atoms with van der Waals surface area (Å²) in [5.41, 5.74) is -6.35. The molecule has 0 bridgehead atoms. The third-order valence-electron chi connectivity index (χ3n) is 9.65. The topological polar surface area (TPSA) is 80.9 Å². The van der Waals surface area contributed by atoms with Crippen molar-refractivity contribution in [3.8, 4) is 0 Å². The van der Waals surface area contributed by atoms with Crippen molar-refractivity contribution in [3.05, 3.63) is 47.6 Å². The maximum Gasteiger partial charge on any atom is 0.429 e. The van der Waals surface area contributed by atoms with Crippen LogP contribution in [0, 0.1) is 23.2 Å². The first-order chi connectivity index (χ1) is 21.7. The van der Waals surface area contributed by atoms with E-state index in [2.05, 4.69) is 6.58 Å². The number of rotatable bonds is 9. The molecule has 0 radical (unpaired) electrons. The van der Waals surface area contributed by atoms with Crippen LogP contribution in [0.4, 0.5) is 26.3 Å². The van der Waals surface area contributed by atoms with Crippen LogP contribution in [0.15, 0.2) is 47.6 Å². The number of halogens is 6. The van der Waals surface area contributed by atoms with Crippen molar-refractivity contribution in [2.45, 2.75) is 127 Å². The quantitative estimate of drug-likeness (QED) is 0.160. The summed E-state index contributed by atoms with van der Waals surface area (Å²) >= 11 is 0. The zero-order valence-corrected chi connectivity index (χ0v) is 23.7. The van der Waals surface area contributed by atoms with E-state index in [9.17, 15) is 46.8 Å². The number of hydrogen-bond donors (Lipinski definition) is 4. The Kier molecular flexibility index (Phi) is 8.14. The molecule has 0 amide bonds. The summed E-state index contributed by atoms with van der Waals surface area (Å²) in [6, 6.07) is 0. The van der Waals surface area contributed by atoms with E-state index < -0.39 is 67.2 Å². The average molecular weight is 615 g/mol. The number of fused-ring (bicyclic) bond motifs is 1. The second-order valence-electron chi connectivity index (χ2n) is 12.6. The van der Waals surface area contributed by atoms with Crippen LogP contribution >= 0.6 is 0 Å². The van der Waals surface area contributed by atoms with E-state index >= 15 is 0 Å². The van der Waals surface area contributed by atoms with E-state index in [1.165, 1.54) is 0 Å². The van der Waals surface area contributed by atoms with Crippen molar-refractivity contribution in [2.75, 3.05) is 0 Å². The Morgan fingerprint density at radius 3 is 2.36 bits per heavy atom. The average Bonchev–Trinajstić information content (AvgIpc) is 3.28. The molecule has 4 nitrogen and oxygen atoms in total. The fraction of sp³-hybridized carbons (Fsp3) is 0.750. The number of alkyl halides is 6. The molecule has 3 aliphatic rings. The van der Waals surface area contributed by atoms with Crippen LogP contribution in [-0.2, 0) is 0 Å². The highest BCUT2D eigenvalue weighted by molar-refractivity contribution is 5.38. The van der Waals surface area contributed by atoms with Gasteiger partial charge >= 0.3 is 12.4 Å². The Labute approximate surface area is 253 Å². The normalized spacial score (nSPS) is 35.4. The molecule has 3 saturated carbocycles. The van der Waals surface area contributed by atoms with Gasteiger partial charge in [-0.15, -0.1) is 0 Å². The van der Waals surface area contributed by atoms with Gasteiger partial charge in [-0.3, -0.25) is 0 Å². The first-order valence-electron chi connectivity index (χ1n) is 17.4. The summed E-state index contributed by atoms with van der Waals surface area (Å²) in [7, 11) is 0. The predicted molar refractivity (Wildman–Crippen MR) is 149 cm³/mol. The van der Waals surface area contributed by atoms with E-state index in [0.717, 1.165) is 18.4 Å². The van der Waals surface area contributed by atoms with Crippen molar-refractivity contribution >= 4 is 0 Å². The smallest absolute Gasteiger partial charge is 0.393 e. The van der Waals surface area contributed by atoms with Gasteiger partial charge in [-0.1, -0.05) is 43.7 Å². The Morgan fingerprint density at radius 2 is 1.74 bits per heavy atom. The molecule has 0 heterocycles. The second-order valence-corrected chi connectivity index (χ2v) is 12.6. The van der Waals surface area contributed by atoms with E-state index in [1.807, 2.05) is 19.1 Å². The lowest BCUT2D eigenvalue weighted by molar-refractivity contribution is -0.347. The van der Waals surface area contributed by atoms with Gasteiger partial charge in [0, 0.05) is 14.6 Å². The predicted octanol–water partition coefficient (Wildman–Crippen LogP) is 7.49. The van der Waals surface area contributed by atoms with E-state index in [0.29, 0.717) is 42.9 Å². The largest absolute Gasteiger partial charge is 0.429 e. The summed E-state index contributed by atoms with van der Waals surface area (Å²) in [5.74, 6) is -0.939. The molecule has 0 aliphatic heterocycles. The molecule has 3 aliphatic carbocycles. The molecule has 42 heavy (non-hydrogen) atoms. The molecule has 0 aromatic rings. The number of allylic oxidation sites excluding steroid dienone is 4. The van der Waals surface area contributed by atoms with Gasteiger partial charge < -0.3 is 20.4 Å². The zero-order valence-electron chi connectivity index (χ0n) is 29.7. The first kappa shape index (κ1) is 26.8. The Balaban J connectivity index is 1.95. The molecule has 240 valence electrons. The molecule has 0 aromatic heterocycles. The van der Waals surface area contributed by atoms with Crippen LogP contribution in [0.2, 0.25) is 0 Å². The van der Waals surface area contributed by atoms with Gasteiger partial charge in [-0.2, -0.15) is 26.3 Å². The van der Waals surface area contributed by atoms with Crippen molar-refractivity contribution in [2.24, 2.45) is 23.2 Å². The number of aliphatic hydroxyl groups is 4. The van der Waals surface area contributed by atoms with Crippen molar-refractivity contribution < 1.29 is 55.0 Å². The molecule has 3 rings (SSSR count). The fourth-order valence-corrected chi connectivity index (χ4v) is 7.39. The van der Waals surface area contributed by atoms with E-state index in [1.54, 1.807) is 0 Å². The van der Waals surface area contributed by atoms with E-state index in [4.69, 9.17) is 8.22 Å². The maximum atomic E-state index is 13.4. The highest BCUT2D eigenvalue weighted by atomic mass is 19.4. The van der Waals surface area contributed by atoms with Crippen molar-refractivity contribution in [1.29, 1.82) is 0 Å². The van der Waals surface area contributed by atoms with Gasteiger partial charge in [0.1, 0.15) is 0 Å². The summed E-state index contributed by atoms with van der Waals surface area (Å²) in [6.45, 7) is -0.648. The molecule has 0 spiro atoms. The molecule has 10 heteroatoms. The molecule has 3 fully saturated rings. The molecule has 0 unspecified atom stereocenters. The standard InChI is InChI=1S/C32H46F6O4/c1-20-23(18-24(39)19-27(20)40)12-11-22-9-6-16-29(4)25(13-14-26(22)29)21(8-5-15-28(2,3)41)10-7-17-30(42,31(33,34)35)32(36,37)38/h7,11-12,17,21,24-27,39-42H,1,5-6,8-10,13-16,18-19H2,2-4H3/b17-7+,22-11+,23-12-/t21-,24-,25-,26+,27+,29-/m1/s1/i2D3,3D3. The van der Waals surface area contributed by atoms with Crippen LogP contribution in [-0.4, -0.2) is 56.2 Å². The van der Waals surface area contributed by atoms with Gasteiger partial charge in [0.25, 0.3) is 5.60 Å². The molecule has 0 saturated heterocycles. The third-order valence-corrected chi connectivity index (χ3v) is 9.65. The Hall–Kier alpha value is -1.62. The highest BCUT2D eigenvalue weighted by Crippen LogP contribution is 2.60. The van der Waals surface area contributed by atoms with Crippen LogP contribution < -0.4 is 0 Å². The third kappa shape index (κ3) is 7.71. The molecule has 4 N–H and O–H groups in total. The van der Waals surface area contributed by atoms with Gasteiger partial charge in [-0.05, 0) is 112 Å². The highest BCUT2D eigenvalue weighted by Gasteiger charge is 2.69. The van der Waals surface area contributed by atoms with Crippen LogP contribution in [0.3, 0.4) is 0 Å². The lowest BCUT2D eigenvalue weighted by atomic mass is 9.60. The lowest BCUT2D eigenvalue weighted by Gasteiger charge is -2.45. The van der Waals surface area contributed by atoms with E-state index in [-0.39, 0.29) is 43.6 Å².